The molecule has 0 amide bonds. The normalized spacial score (nSPS) is 12.9. The second-order valence-corrected chi connectivity index (χ2v) is 38.1. The molecule has 29 rings (SSSR count). The van der Waals surface area contributed by atoms with Gasteiger partial charge in [0.1, 0.15) is 0 Å². The first kappa shape index (κ1) is 83.4. The van der Waals surface area contributed by atoms with Gasteiger partial charge in [0.15, 0.2) is 0 Å². The van der Waals surface area contributed by atoms with Crippen molar-refractivity contribution in [2.75, 3.05) is 34.3 Å². The molecular weight excluding hydrogens is 1720 g/mol. The van der Waals surface area contributed by atoms with Gasteiger partial charge in [0.2, 0.25) is 0 Å². The maximum Gasteiger partial charge on any atom is 0.252 e. The van der Waals surface area contributed by atoms with Gasteiger partial charge in [0, 0.05) is 152 Å². The lowest BCUT2D eigenvalue weighted by atomic mass is 9.33. The topological polar surface area (TPSA) is 32.5 Å². The predicted molar refractivity (Wildman–Crippen MR) is 604 cm³/mol. The third-order valence-corrected chi connectivity index (χ3v) is 29.7. The maximum atomic E-state index is 2.50. The van der Waals surface area contributed by atoms with Crippen molar-refractivity contribution in [2.24, 2.45) is 0 Å². The Balaban J connectivity index is 0.000000107. The van der Waals surface area contributed by atoms with Crippen molar-refractivity contribution in [1.29, 1.82) is 0 Å². The molecule has 8 heterocycles. The molecule has 6 aliphatic heterocycles. The largest absolute Gasteiger partial charge is 0.311 e. The Morgan fingerprint density at radius 3 is 0.880 bits per heavy atom. The van der Waals surface area contributed by atoms with Gasteiger partial charge in [-0.25, -0.2) is 0 Å². The molecule has 6 aliphatic rings. The molecule has 0 radical (unpaired) electrons. The van der Waals surface area contributed by atoms with Gasteiger partial charge in [0.05, 0.1) is 22.1 Å². The highest BCUT2D eigenvalue weighted by molar-refractivity contribution is 7.02. The minimum atomic E-state index is 0.0750. The molecule has 2 aromatic heterocycles. The van der Waals surface area contributed by atoms with Gasteiger partial charge in [-0.15, -0.1) is 0 Å². The molecule has 0 saturated heterocycles. The summed E-state index contributed by atoms with van der Waals surface area (Å²) >= 11 is 0. The van der Waals surface area contributed by atoms with Gasteiger partial charge >= 0.3 is 0 Å². The van der Waals surface area contributed by atoms with E-state index in [2.05, 4.69) is 569 Å². The molecule has 0 spiro atoms. The van der Waals surface area contributed by atoms with Crippen molar-refractivity contribution >= 4 is 232 Å². The number of hydrogen-bond acceptors (Lipinski definition) is 7. The fourth-order valence-corrected chi connectivity index (χ4v) is 23.7. The van der Waals surface area contributed by atoms with Crippen molar-refractivity contribution in [2.45, 2.75) is 27.7 Å². The summed E-state index contributed by atoms with van der Waals surface area (Å²) in [5.41, 5.74) is 49.3. The first-order valence-electron chi connectivity index (χ1n) is 49.3. The lowest BCUT2D eigenvalue weighted by Gasteiger charge is -2.44. The van der Waals surface area contributed by atoms with Crippen LogP contribution in [0, 0.1) is 27.7 Å². The maximum absolute atomic E-state index is 2.50. The molecule has 0 aliphatic carbocycles. The van der Waals surface area contributed by atoms with Crippen molar-refractivity contribution in [3.63, 3.8) is 0 Å². The first-order chi connectivity index (χ1) is 70.2. The van der Waals surface area contributed by atoms with Crippen molar-refractivity contribution in [3.05, 3.63) is 520 Å². The second kappa shape index (κ2) is 34.0. The first-order valence-corrected chi connectivity index (χ1v) is 49.3. The quantitative estimate of drug-likeness (QED) is 0.119. The van der Waals surface area contributed by atoms with Crippen LogP contribution in [0.5, 0.6) is 0 Å². The SMILES string of the molecule is Cc1ccc(N2c3ccc(C)cc3B3c4cc5c6ccccc6n(-c6ccccc6)c5cc4N(c4ccccc4)c4cccc2c43)cc1.Cc1ccc(N2c3ccc(C)cc3B3c4ccc(N(c5ccccc5)c5ccccc5)cc4N(c4ccccc4)c4cccc2c43)cc1.c1ccc(N2c3ccccc3B3c4ccccc4N(c4ccc5c6ccccc6n(-c6ccccc6)c5c4)c4cccc2c43)cc1. The number of aromatic nitrogens is 2. The Bertz CT molecular complexity index is 8850. The number of aryl methyl sites for hydroxylation is 4. The fraction of sp³-hybridized carbons (Fsp3) is 0.0308. The fourth-order valence-electron chi connectivity index (χ4n) is 23.7. The number of nitrogens with zero attached hydrogens (tertiary/aromatic N) is 9. The number of para-hydroxylation sites is 11. The second-order valence-electron chi connectivity index (χ2n) is 38.1. The summed E-state index contributed by atoms with van der Waals surface area (Å²) in [6.45, 7) is 9.02. The highest BCUT2D eigenvalue weighted by Crippen LogP contribution is 2.52. The van der Waals surface area contributed by atoms with Gasteiger partial charge in [-0.1, -0.05) is 307 Å². The molecule has 0 N–H and O–H groups in total. The lowest BCUT2D eigenvalue weighted by molar-refractivity contribution is 1.18. The van der Waals surface area contributed by atoms with Crippen LogP contribution in [0.2, 0.25) is 0 Å². The molecule has 0 bridgehead atoms. The molecule has 23 aromatic rings. The van der Waals surface area contributed by atoms with Gasteiger partial charge in [-0.2, -0.15) is 0 Å². The van der Waals surface area contributed by atoms with E-state index in [-0.39, 0.29) is 20.1 Å². The Morgan fingerprint density at radius 1 is 0.155 bits per heavy atom. The molecule has 0 saturated carbocycles. The summed E-state index contributed by atoms with van der Waals surface area (Å²) in [5, 5.41) is 5.06. The molecule has 0 unspecified atom stereocenters. The Hall–Kier alpha value is -18.0. The molecule has 0 fully saturated rings. The number of rotatable bonds is 11. The van der Waals surface area contributed by atoms with E-state index in [1.54, 1.807) is 0 Å². The van der Waals surface area contributed by atoms with E-state index < -0.39 is 0 Å². The highest BCUT2D eigenvalue weighted by atomic mass is 15.2. The van der Waals surface area contributed by atoms with Crippen LogP contribution in [0.15, 0.2) is 497 Å². The van der Waals surface area contributed by atoms with Crippen molar-refractivity contribution in [1.82, 2.24) is 9.13 Å². The highest BCUT2D eigenvalue weighted by Gasteiger charge is 2.48. The minimum Gasteiger partial charge on any atom is -0.311 e. The zero-order valence-electron chi connectivity index (χ0n) is 79.1. The van der Waals surface area contributed by atoms with Gasteiger partial charge in [-0.3, -0.25) is 0 Å². The van der Waals surface area contributed by atoms with E-state index in [9.17, 15) is 0 Å². The standard InChI is InChI=1S/C44H32BN3.C44H34BN3.C42H28BN3/c1-29-20-23-33(24-21-29)47-39-25-22-30(2)26-36(39)45-37-27-35-34-16-9-10-17-38(34)46(31-12-5-3-6-13-31)42(35)28-43(37)48(32-14-7-4-8-15-32)41-19-11-18-40(47)44(41)45;1-31-21-24-36(25-22-31)47-40-28-23-32(2)29-39(40)45-38-27-26-37(46(33-13-6-3-7-14-33)34-15-8-4-9-16-34)30-43(38)48(35-17-10-5-11-18-35)42-20-12-19-41(47)44(42)45;1-3-14-29(15-4-1)44-36-21-10-7-18-32(36)33-27-26-31(28-41(33)44)46-38-23-12-9-20-35(38)43-34-19-8-11-22-37(34)45(30-16-5-2-6-17-30)39-24-13-25-40(46)42(39)43/h3-28H,1-2H3;3-30H,1-2H3;1-28H. The molecular formula is C130H94B3N9. The summed E-state index contributed by atoms with van der Waals surface area (Å²) in [7, 11) is 0. The van der Waals surface area contributed by atoms with Crippen LogP contribution < -0.4 is 83.5 Å². The lowest BCUT2D eigenvalue weighted by Crippen LogP contribution is -2.61. The Kier molecular flexibility index (Phi) is 20.0. The van der Waals surface area contributed by atoms with Crippen LogP contribution in [-0.2, 0) is 0 Å². The Morgan fingerprint density at radius 2 is 0.444 bits per heavy atom. The predicted octanol–water partition coefficient (Wildman–Crippen LogP) is 28.2. The van der Waals surface area contributed by atoms with E-state index in [0.29, 0.717) is 0 Å². The summed E-state index contributed by atoms with van der Waals surface area (Å²) in [6, 6.07) is 182. The van der Waals surface area contributed by atoms with Crippen LogP contribution in [0.4, 0.5) is 119 Å². The van der Waals surface area contributed by atoms with E-state index in [4.69, 9.17) is 0 Å². The summed E-state index contributed by atoms with van der Waals surface area (Å²) in [4.78, 5) is 17.2. The van der Waals surface area contributed by atoms with Gasteiger partial charge in [0.25, 0.3) is 20.1 Å². The molecule has 12 heteroatoms. The summed E-state index contributed by atoms with van der Waals surface area (Å²) in [6.07, 6.45) is 0. The average molecular weight is 1810 g/mol. The van der Waals surface area contributed by atoms with Gasteiger partial charge in [-0.05, 0) is 289 Å². The smallest absolute Gasteiger partial charge is 0.252 e. The van der Waals surface area contributed by atoms with E-state index >= 15 is 0 Å². The molecule has 668 valence electrons. The third kappa shape index (κ3) is 13.5. The van der Waals surface area contributed by atoms with Crippen LogP contribution in [0.3, 0.4) is 0 Å². The zero-order chi connectivity index (χ0) is 94.3. The monoisotopic (exact) mass is 1810 g/mol. The van der Waals surface area contributed by atoms with Gasteiger partial charge < -0.3 is 43.4 Å². The number of benzene rings is 21. The zero-order valence-corrected chi connectivity index (χ0v) is 79.1. The Labute approximate surface area is 828 Å². The number of anilines is 21. The third-order valence-electron chi connectivity index (χ3n) is 29.7. The van der Waals surface area contributed by atoms with E-state index in [1.165, 1.54) is 206 Å². The molecule has 0 atom stereocenters. The average Bonchev–Trinajstić information content (AvgIpc) is 1.04. The van der Waals surface area contributed by atoms with Crippen LogP contribution in [-0.4, -0.2) is 29.3 Å². The summed E-state index contributed by atoms with van der Waals surface area (Å²) < 4.78 is 4.83. The van der Waals surface area contributed by atoms with Crippen molar-refractivity contribution in [3.8, 4) is 11.4 Å². The number of fused-ring (bicyclic) bond motifs is 18. The van der Waals surface area contributed by atoms with Crippen molar-refractivity contribution < 1.29 is 0 Å². The molecule has 21 aromatic carbocycles. The number of hydrogen-bond donors (Lipinski definition) is 0. The van der Waals surface area contributed by atoms with E-state index in [1.807, 2.05) is 0 Å². The van der Waals surface area contributed by atoms with Crippen LogP contribution >= 0.6 is 0 Å². The minimum absolute atomic E-state index is 0.0750. The van der Waals surface area contributed by atoms with Crippen LogP contribution in [0.1, 0.15) is 22.3 Å². The van der Waals surface area contributed by atoms with E-state index in [0.717, 1.165) is 39.8 Å². The summed E-state index contributed by atoms with van der Waals surface area (Å²) in [5.74, 6) is 0. The molecule has 142 heavy (non-hydrogen) atoms. The molecule has 9 nitrogen and oxygen atoms in total. The van der Waals surface area contributed by atoms with Crippen LogP contribution in [0.25, 0.3) is 55.0 Å².